The molecule has 1 aromatic heterocycles. The van der Waals surface area contributed by atoms with Gasteiger partial charge in [-0.25, -0.2) is 23.1 Å². The Morgan fingerprint density at radius 2 is 1.67 bits per heavy atom. The predicted molar refractivity (Wildman–Crippen MR) is 78.7 cm³/mol. The van der Waals surface area contributed by atoms with E-state index in [4.69, 9.17) is 0 Å². The standard InChI is InChI=1S/C14H13BrF3N3/c1-6(2)12-10(15)14(19-3)21-13(20-12)7-4-8(16)11(18)9(17)5-7/h4-6H,1-3H3,(H,19,20,21). The second kappa shape index (κ2) is 6.01. The highest BCUT2D eigenvalue weighted by atomic mass is 79.9. The molecule has 0 bridgehead atoms. The van der Waals surface area contributed by atoms with E-state index in [2.05, 4.69) is 31.2 Å². The van der Waals surface area contributed by atoms with Crippen LogP contribution in [0.2, 0.25) is 0 Å². The zero-order valence-electron chi connectivity index (χ0n) is 11.6. The molecule has 0 unspecified atom stereocenters. The average molecular weight is 360 g/mol. The van der Waals surface area contributed by atoms with Crippen molar-refractivity contribution in [3.63, 3.8) is 0 Å². The van der Waals surface area contributed by atoms with Gasteiger partial charge in [-0.2, -0.15) is 0 Å². The van der Waals surface area contributed by atoms with E-state index in [-0.39, 0.29) is 17.3 Å². The van der Waals surface area contributed by atoms with Gasteiger partial charge in [-0.3, -0.25) is 0 Å². The van der Waals surface area contributed by atoms with Gasteiger partial charge in [0.15, 0.2) is 23.3 Å². The lowest BCUT2D eigenvalue weighted by atomic mass is 10.1. The van der Waals surface area contributed by atoms with Crippen LogP contribution in [-0.4, -0.2) is 17.0 Å². The second-order valence-electron chi connectivity index (χ2n) is 4.75. The summed E-state index contributed by atoms with van der Waals surface area (Å²) in [6.07, 6.45) is 0. The third-order valence-electron chi connectivity index (χ3n) is 2.90. The van der Waals surface area contributed by atoms with E-state index < -0.39 is 17.5 Å². The Morgan fingerprint density at radius 1 is 1.10 bits per heavy atom. The summed E-state index contributed by atoms with van der Waals surface area (Å²) in [5.74, 6) is -3.35. The molecule has 21 heavy (non-hydrogen) atoms. The Balaban J connectivity index is 2.67. The first-order valence-electron chi connectivity index (χ1n) is 6.25. The van der Waals surface area contributed by atoms with E-state index >= 15 is 0 Å². The summed E-state index contributed by atoms with van der Waals surface area (Å²) in [7, 11) is 1.67. The van der Waals surface area contributed by atoms with Gasteiger partial charge in [-0.15, -0.1) is 0 Å². The molecule has 0 amide bonds. The first-order valence-corrected chi connectivity index (χ1v) is 7.04. The molecule has 2 aromatic rings. The number of nitrogens with one attached hydrogen (secondary N) is 1. The van der Waals surface area contributed by atoms with Crippen LogP contribution in [0.25, 0.3) is 11.4 Å². The highest BCUT2D eigenvalue weighted by molar-refractivity contribution is 9.10. The van der Waals surface area contributed by atoms with Crippen LogP contribution in [-0.2, 0) is 0 Å². The minimum absolute atomic E-state index is 0.0726. The third kappa shape index (κ3) is 3.02. The lowest BCUT2D eigenvalue weighted by Gasteiger charge is -2.13. The molecule has 0 saturated carbocycles. The fraction of sp³-hybridized carbons (Fsp3) is 0.286. The number of nitrogens with zero attached hydrogens (tertiary/aromatic N) is 2. The summed E-state index contributed by atoms with van der Waals surface area (Å²) < 4.78 is 40.4. The van der Waals surface area contributed by atoms with E-state index in [1.807, 2.05) is 13.8 Å². The zero-order chi connectivity index (χ0) is 15.7. The van der Waals surface area contributed by atoms with Gasteiger partial charge in [-0.05, 0) is 34.0 Å². The van der Waals surface area contributed by atoms with Gasteiger partial charge in [0.1, 0.15) is 5.82 Å². The lowest BCUT2D eigenvalue weighted by molar-refractivity contribution is 0.447. The van der Waals surface area contributed by atoms with Gasteiger partial charge in [0.05, 0.1) is 10.2 Å². The highest BCUT2D eigenvalue weighted by Gasteiger charge is 2.18. The second-order valence-corrected chi connectivity index (χ2v) is 5.55. The molecule has 0 atom stereocenters. The number of anilines is 1. The minimum atomic E-state index is -1.51. The Bertz CT molecular complexity index is 666. The van der Waals surface area contributed by atoms with E-state index in [9.17, 15) is 13.2 Å². The Morgan fingerprint density at radius 3 is 2.14 bits per heavy atom. The number of halogens is 4. The first-order chi connectivity index (χ1) is 9.85. The van der Waals surface area contributed by atoms with E-state index in [0.717, 1.165) is 12.1 Å². The van der Waals surface area contributed by atoms with Crippen molar-refractivity contribution in [3.8, 4) is 11.4 Å². The van der Waals surface area contributed by atoms with Crippen molar-refractivity contribution in [1.82, 2.24) is 9.97 Å². The van der Waals surface area contributed by atoms with Crippen LogP contribution in [0.1, 0.15) is 25.5 Å². The molecule has 0 saturated heterocycles. The summed E-state index contributed by atoms with van der Waals surface area (Å²) in [5.41, 5.74) is 0.770. The Hall–Kier alpha value is -1.63. The molecule has 0 aliphatic rings. The van der Waals surface area contributed by atoms with Crippen LogP contribution < -0.4 is 5.32 Å². The maximum Gasteiger partial charge on any atom is 0.194 e. The minimum Gasteiger partial charge on any atom is -0.372 e. The molecule has 0 fully saturated rings. The van der Waals surface area contributed by atoms with Crippen LogP contribution in [0.3, 0.4) is 0 Å². The van der Waals surface area contributed by atoms with Crippen LogP contribution in [0.5, 0.6) is 0 Å². The van der Waals surface area contributed by atoms with Crippen molar-refractivity contribution in [1.29, 1.82) is 0 Å². The van der Waals surface area contributed by atoms with Gasteiger partial charge >= 0.3 is 0 Å². The Labute approximate surface area is 128 Å². The lowest BCUT2D eigenvalue weighted by Crippen LogP contribution is -2.05. The molecule has 0 aliphatic carbocycles. The quantitative estimate of drug-likeness (QED) is 0.820. The van der Waals surface area contributed by atoms with Gasteiger partial charge in [0, 0.05) is 12.6 Å². The summed E-state index contributed by atoms with van der Waals surface area (Å²) in [5, 5.41) is 2.88. The average Bonchev–Trinajstić information content (AvgIpc) is 2.44. The largest absolute Gasteiger partial charge is 0.372 e. The number of benzene rings is 1. The maximum absolute atomic E-state index is 13.4. The van der Waals surface area contributed by atoms with Crippen molar-refractivity contribution in [2.45, 2.75) is 19.8 Å². The fourth-order valence-corrected chi connectivity index (χ4v) is 2.66. The van der Waals surface area contributed by atoms with Crippen LogP contribution in [0.15, 0.2) is 16.6 Å². The maximum atomic E-state index is 13.4. The SMILES string of the molecule is CNc1nc(-c2cc(F)c(F)c(F)c2)nc(C(C)C)c1Br. The molecule has 2 rings (SSSR count). The number of hydrogen-bond donors (Lipinski definition) is 1. The van der Waals surface area contributed by atoms with Gasteiger partial charge < -0.3 is 5.32 Å². The molecular weight excluding hydrogens is 347 g/mol. The van der Waals surface area contributed by atoms with E-state index in [1.54, 1.807) is 7.05 Å². The number of hydrogen-bond acceptors (Lipinski definition) is 3. The monoisotopic (exact) mass is 359 g/mol. The molecule has 3 nitrogen and oxygen atoms in total. The molecule has 1 heterocycles. The fourth-order valence-electron chi connectivity index (χ4n) is 1.83. The van der Waals surface area contributed by atoms with Crippen molar-refractivity contribution in [3.05, 3.63) is 39.8 Å². The van der Waals surface area contributed by atoms with Crippen molar-refractivity contribution < 1.29 is 13.2 Å². The molecule has 0 radical (unpaired) electrons. The predicted octanol–water partition coefficient (Wildman–Crippen LogP) is 4.49. The molecule has 1 N–H and O–H groups in total. The normalized spacial score (nSPS) is 11.0. The van der Waals surface area contributed by atoms with Gasteiger partial charge in [0.25, 0.3) is 0 Å². The van der Waals surface area contributed by atoms with Crippen LogP contribution >= 0.6 is 15.9 Å². The van der Waals surface area contributed by atoms with Crippen LogP contribution in [0, 0.1) is 17.5 Å². The molecule has 7 heteroatoms. The van der Waals surface area contributed by atoms with E-state index in [0.29, 0.717) is 16.0 Å². The molecule has 112 valence electrons. The smallest absolute Gasteiger partial charge is 0.194 e. The van der Waals surface area contributed by atoms with Crippen molar-refractivity contribution in [2.75, 3.05) is 12.4 Å². The van der Waals surface area contributed by atoms with E-state index in [1.165, 1.54) is 0 Å². The summed E-state index contributed by atoms with van der Waals surface area (Å²) in [4.78, 5) is 8.50. The summed E-state index contributed by atoms with van der Waals surface area (Å²) in [6, 6.07) is 1.76. The van der Waals surface area contributed by atoms with Gasteiger partial charge in [-0.1, -0.05) is 13.8 Å². The zero-order valence-corrected chi connectivity index (χ0v) is 13.2. The van der Waals surface area contributed by atoms with Gasteiger partial charge in [0.2, 0.25) is 0 Å². The first kappa shape index (κ1) is 15.8. The molecule has 1 aromatic carbocycles. The number of aromatic nitrogens is 2. The molecule has 0 aliphatic heterocycles. The summed E-state index contributed by atoms with van der Waals surface area (Å²) >= 11 is 3.39. The highest BCUT2D eigenvalue weighted by Crippen LogP contribution is 2.31. The Kier molecular flexibility index (Phi) is 4.51. The summed E-state index contributed by atoms with van der Waals surface area (Å²) in [6.45, 7) is 3.87. The van der Waals surface area contributed by atoms with Crippen LogP contribution in [0.4, 0.5) is 19.0 Å². The third-order valence-corrected chi connectivity index (χ3v) is 3.68. The molecular formula is C14H13BrF3N3. The number of rotatable bonds is 3. The van der Waals surface area contributed by atoms with Crippen molar-refractivity contribution in [2.24, 2.45) is 0 Å². The molecule has 0 spiro atoms. The topological polar surface area (TPSA) is 37.8 Å². The van der Waals surface area contributed by atoms with Crippen molar-refractivity contribution >= 4 is 21.7 Å².